The third-order valence-corrected chi connectivity index (χ3v) is 8.04. The molecule has 0 N–H and O–H groups in total. The zero-order valence-electron chi connectivity index (χ0n) is 21.5. The fourth-order valence-corrected chi connectivity index (χ4v) is 5.76. The van der Waals surface area contributed by atoms with Crippen LogP contribution < -0.4 is 0 Å². The van der Waals surface area contributed by atoms with Crippen molar-refractivity contribution in [1.82, 2.24) is 0 Å². The van der Waals surface area contributed by atoms with E-state index in [4.69, 9.17) is 0 Å². The first-order valence-corrected chi connectivity index (χ1v) is 13.8. The van der Waals surface area contributed by atoms with Crippen molar-refractivity contribution < 1.29 is 0 Å². The van der Waals surface area contributed by atoms with Crippen molar-refractivity contribution in [2.24, 2.45) is 5.92 Å². The zero-order chi connectivity index (χ0) is 22.8. The van der Waals surface area contributed by atoms with Crippen molar-refractivity contribution in [1.29, 1.82) is 0 Å². The van der Waals surface area contributed by atoms with Gasteiger partial charge in [0, 0.05) is 0 Å². The molecule has 0 unspecified atom stereocenters. The van der Waals surface area contributed by atoms with Crippen molar-refractivity contribution in [3.8, 4) is 0 Å². The van der Waals surface area contributed by atoms with Crippen LogP contribution in [0.4, 0.5) is 0 Å². The predicted molar refractivity (Wildman–Crippen MR) is 142 cm³/mol. The van der Waals surface area contributed by atoms with Crippen LogP contribution in [0, 0.1) is 19.8 Å². The minimum atomic E-state index is 0.799. The Morgan fingerprint density at radius 1 is 0.656 bits per heavy atom. The van der Waals surface area contributed by atoms with Crippen molar-refractivity contribution in [3.63, 3.8) is 0 Å². The number of hydrogen-bond donors (Lipinski definition) is 0. The molecule has 1 fully saturated rings. The number of benzene rings is 2. The van der Waals surface area contributed by atoms with E-state index in [0.717, 1.165) is 24.7 Å². The van der Waals surface area contributed by atoms with Crippen molar-refractivity contribution >= 4 is 0 Å². The Kier molecular flexibility index (Phi) is 10.4. The molecule has 0 saturated heterocycles. The zero-order valence-corrected chi connectivity index (χ0v) is 21.5. The van der Waals surface area contributed by atoms with Gasteiger partial charge in [-0.1, -0.05) is 88.8 Å². The van der Waals surface area contributed by atoms with Gasteiger partial charge in [0.1, 0.15) is 0 Å². The molecule has 3 rings (SSSR count). The average Bonchev–Trinajstić information content (AvgIpc) is 2.80. The van der Waals surface area contributed by atoms with Gasteiger partial charge in [0.25, 0.3) is 0 Å². The third kappa shape index (κ3) is 7.50. The van der Waals surface area contributed by atoms with Crippen LogP contribution in [0.5, 0.6) is 0 Å². The number of aryl methyl sites for hydroxylation is 5. The van der Waals surface area contributed by atoms with Gasteiger partial charge in [-0.2, -0.15) is 0 Å². The molecule has 0 amide bonds. The Bertz CT molecular complexity index is 807. The van der Waals surface area contributed by atoms with E-state index in [0.29, 0.717) is 0 Å². The van der Waals surface area contributed by atoms with Crippen LogP contribution in [-0.4, -0.2) is 0 Å². The molecule has 1 aliphatic carbocycles. The lowest BCUT2D eigenvalue weighted by Gasteiger charge is -2.29. The lowest BCUT2D eigenvalue weighted by molar-refractivity contribution is 0.302. The van der Waals surface area contributed by atoms with Gasteiger partial charge in [0.05, 0.1) is 0 Å². The molecule has 2 aromatic rings. The summed E-state index contributed by atoms with van der Waals surface area (Å²) in [6, 6.07) is 14.6. The van der Waals surface area contributed by atoms with E-state index >= 15 is 0 Å². The van der Waals surface area contributed by atoms with Gasteiger partial charge in [-0.05, 0) is 110 Å². The Morgan fingerprint density at radius 2 is 1.31 bits per heavy atom. The average molecular weight is 433 g/mol. The molecule has 1 saturated carbocycles. The SMILES string of the molecule is CCCCCc1ccc(CCc2ccc(C3CCC(CCCCC)CC3)cc2C)cc1C. The molecule has 0 atom stereocenters. The van der Waals surface area contributed by atoms with E-state index in [1.54, 1.807) is 11.1 Å². The van der Waals surface area contributed by atoms with E-state index in [2.05, 4.69) is 64.1 Å². The van der Waals surface area contributed by atoms with Crippen LogP contribution in [0.2, 0.25) is 0 Å². The summed E-state index contributed by atoms with van der Waals surface area (Å²) in [6.45, 7) is 9.22. The monoisotopic (exact) mass is 432 g/mol. The summed E-state index contributed by atoms with van der Waals surface area (Å²) >= 11 is 0. The summed E-state index contributed by atoms with van der Waals surface area (Å²) in [4.78, 5) is 0. The molecule has 32 heavy (non-hydrogen) atoms. The van der Waals surface area contributed by atoms with Crippen molar-refractivity contribution in [2.45, 2.75) is 124 Å². The molecule has 0 nitrogen and oxygen atoms in total. The lowest BCUT2D eigenvalue weighted by Crippen LogP contribution is -2.13. The van der Waals surface area contributed by atoms with E-state index in [1.807, 2.05) is 0 Å². The minimum absolute atomic E-state index is 0.799. The lowest BCUT2D eigenvalue weighted by atomic mass is 9.76. The minimum Gasteiger partial charge on any atom is -0.0654 e. The van der Waals surface area contributed by atoms with Gasteiger partial charge in [0.2, 0.25) is 0 Å². The van der Waals surface area contributed by atoms with E-state index in [1.165, 1.54) is 99.3 Å². The largest absolute Gasteiger partial charge is 0.0654 e. The summed E-state index contributed by atoms with van der Waals surface area (Å²) in [6.07, 6.45) is 18.9. The number of unbranched alkanes of at least 4 members (excludes halogenated alkanes) is 4. The molecular formula is C32H48. The molecule has 0 aliphatic heterocycles. The number of rotatable bonds is 12. The first-order chi connectivity index (χ1) is 15.6. The quantitative estimate of drug-likeness (QED) is 0.293. The van der Waals surface area contributed by atoms with Gasteiger partial charge in [-0.3, -0.25) is 0 Å². The topological polar surface area (TPSA) is 0 Å². The van der Waals surface area contributed by atoms with Gasteiger partial charge >= 0.3 is 0 Å². The second-order valence-electron chi connectivity index (χ2n) is 10.6. The second-order valence-corrected chi connectivity index (χ2v) is 10.6. The maximum atomic E-state index is 2.51. The molecule has 0 radical (unpaired) electrons. The van der Waals surface area contributed by atoms with E-state index < -0.39 is 0 Å². The molecule has 1 aliphatic rings. The maximum Gasteiger partial charge on any atom is -0.0162 e. The first-order valence-electron chi connectivity index (χ1n) is 13.8. The van der Waals surface area contributed by atoms with E-state index in [9.17, 15) is 0 Å². The predicted octanol–water partition coefficient (Wildman–Crippen LogP) is 9.68. The molecule has 0 aromatic heterocycles. The molecular weight excluding hydrogens is 384 g/mol. The second kappa shape index (κ2) is 13.2. The number of hydrogen-bond acceptors (Lipinski definition) is 0. The Morgan fingerprint density at radius 3 is 2.00 bits per heavy atom. The van der Waals surface area contributed by atoms with Crippen LogP contribution in [0.25, 0.3) is 0 Å². The smallest absolute Gasteiger partial charge is 0.0162 e. The van der Waals surface area contributed by atoms with Gasteiger partial charge in [-0.25, -0.2) is 0 Å². The summed E-state index contributed by atoms with van der Waals surface area (Å²) in [5, 5.41) is 0. The Balaban J connectivity index is 1.50. The highest BCUT2D eigenvalue weighted by Crippen LogP contribution is 2.38. The van der Waals surface area contributed by atoms with E-state index in [-0.39, 0.29) is 0 Å². The van der Waals surface area contributed by atoms with Crippen LogP contribution in [0.1, 0.15) is 124 Å². The molecule has 0 heteroatoms. The normalized spacial score (nSPS) is 18.8. The summed E-state index contributed by atoms with van der Waals surface area (Å²) in [5.74, 6) is 1.80. The van der Waals surface area contributed by atoms with Gasteiger partial charge < -0.3 is 0 Å². The standard InChI is InChI=1S/C32H48/c1-5-7-9-11-27-13-19-31(20-14-27)32-22-21-30(26(4)24-32)18-16-28-15-17-29(25(3)23-28)12-10-8-6-2/h15,17,21-24,27,31H,5-14,16,18-20H2,1-4H3. The summed E-state index contributed by atoms with van der Waals surface area (Å²) in [5.41, 5.74) is 9.16. The molecule has 2 aromatic carbocycles. The van der Waals surface area contributed by atoms with Crippen LogP contribution in [0.3, 0.4) is 0 Å². The Labute approximate surface area is 199 Å². The fraction of sp³-hybridized carbons (Fsp3) is 0.625. The summed E-state index contributed by atoms with van der Waals surface area (Å²) < 4.78 is 0. The van der Waals surface area contributed by atoms with Crippen molar-refractivity contribution in [2.75, 3.05) is 0 Å². The van der Waals surface area contributed by atoms with Crippen molar-refractivity contribution in [3.05, 3.63) is 69.8 Å². The first kappa shape index (κ1) is 25.1. The van der Waals surface area contributed by atoms with Crippen LogP contribution >= 0.6 is 0 Å². The Hall–Kier alpha value is -1.56. The van der Waals surface area contributed by atoms with Gasteiger partial charge in [-0.15, -0.1) is 0 Å². The highest BCUT2D eigenvalue weighted by molar-refractivity contribution is 5.35. The molecule has 176 valence electrons. The molecule has 0 heterocycles. The summed E-state index contributed by atoms with van der Waals surface area (Å²) in [7, 11) is 0. The fourth-order valence-electron chi connectivity index (χ4n) is 5.76. The van der Waals surface area contributed by atoms with Crippen LogP contribution in [0.15, 0.2) is 36.4 Å². The molecule has 0 bridgehead atoms. The third-order valence-electron chi connectivity index (χ3n) is 8.04. The highest BCUT2D eigenvalue weighted by atomic mass is 14.3. The molecule has 0 spiro atoms. The highest BCUT2D eigenvalue weighted by Gasteiger charge is 2.22. The maximum absolute atomic E-state index is 2.51. The van der Waals surface area contributed by atoms with Gasteiger partial charge in [0.15, 0.2) is 0 Å². The van der Waals surface area contributed by atoms with Crippen LogP contribution in [-0.2, 0) is 19.3 Å².